The lowest BCUT2D eigenvalue weighted by molar-refractivity contribution is -0.665. The zero-order chi connectivity index (χ0) is 10.1. The van der Waals surface area contributed by atoms with Crippen LogP contribution in [-0.4, -0.2) is 11.6 Å². The van der Waals surface area contributed by atoms with E-state index in [4.69, 9.17) is 0 Å². The largest absolute Gasteiger partial charge is 0.421 e. The predicted molar refractivity (Wildman–Crippen MR) is 53.7 cm³/mol. The van der Waals surface area contributed by atoms with E-state index in [-0.39, 0.29) is 0 Å². The fraction of sp³-hybridized carbons (Fsp3) is 0.700. The Morgan fingerprint density at radius 2 is 2.00 bits per heavy atom. The minimum atomic E-state index is 0.958. The van der Waals surface area contributed by atoms with E-state index in [0.29, 0.717) is 0 Å². The first kappa shape index (κ1) is 9.37. The Morgan fingerprint density at radius 3 is 2.64 bits per heavy atom. The van der Waals surface area contributed by atoms with Crippen LogP contribution in [0.3, 0.4) is 0 Å². The van der Waals surface area contributed by atoms with Gasteiger partial charge in [-0.3, -0.25) is 0 Å². The van der Waals surface area contributed by atoms with Crippen LogP contribution in [0.15, 0.2) is 10.2 Å². The second-order valence-electron chi connectivity index (χ2n) is 3.82. The van der Waals surface area contributed by atoms with E-state index in [1.165, 1.54) is 37.1 Å². The van der Waals surface area contributed by atoms with Gasteiger partial charge < -0.3 is 0 Å². The van der Waals surface area contributed by atoms with Gasteiger partial charge in [-0.15, -0.1) is 5.11 Å². The van der Waals surface area contributed by atoms with Crippen LogP contribution in [0.25, 0.3) is 0 Å². The van der Waals surface area contributed by atoms with Crippen molar-refractivity contribution in [3.8, 4) is 0 Å². The number of imidazole rings is 1. The van der Waals surface area contributed by atoms with E-state index in [1.807, 2.05) is 0 Å². The van der Waals surface area contributed by atoms with E-state index in [9.17, 15) is 0 Å². The second kappa shape index (κ2) is 3.52. The molecular formula is C10H17N4+. The number of azo groups is 1. The lowest BCUT2D eigenvalue weighted by Gasteiger charge is -2.08. The Morgan fingerprint density at radius 1 is 1.29 bits per heavy atom. The van der Waals surface area contributed by atoms with Crippen molar-refractivity contribution in [2.24, 2.45) is 24.3 Å². The standard InChI is InChI=1S/C10H17N4/c1-11-12-10-13(2)8-6-4-5-7-9(8)14(10)3/h4-7H2,1-3H3/q+1. The summed E-state index contributed by atoms with van der Waals surface area (Å²) in [5, 5.41) is 8.02. The van der Waals surface area contributed by atoms with Crippen LogP contribution in [-0.2, 0) is 26.9 Å². The number of nitrogens with zero attached hydrogens (tertiary/aromatic N) is 4. The molecule has 0 atom stereocenters. The quantitative estimate of drug-likeness (QED) is 0.478. The highest BCUT2D eigenvalue weighted by Gasteiger charge is 2.26. The van der Waals surface area contributed by atoms with Crippen molar-refractivity contribution in [2.75, 3.05) is 7.05 Å². The van der Waals surface area contributed by atoms with Crippen molar-refractivity contribution < 1.29 is 4.57 Å². The first-order valence-electron chi connectivity index (χ1n) is 5.12. The van der Waals surface area contributed by atoms with Gasteiger partial charge >= 0.3 is 5.95 Å². The summed E-state index contributed by atoms with van der Waals surface area (Å²) in [6.45, 7) is 0. The van der Waals surface area contributed by atoms with Crippen LogP contribution < -0.4 is 4.57 Å². The average Bonchev–Trinajstić information content (AvgIpc) is 2.45. The maximum atomic E-state index is 4.16. The van der Waals surface area contributed by atoms with Crippen molar-refractivity contribution in [3.05, 3.63) is 11.4 Å². The summed E-state index contributed by atoms with van der Waals surface area (Å²) in [7, 11) is 5.87. The zero-order valence-corrected chi connectivity index (χ0v) is 9.12. The molecule has 1 aromatic rings. The first-order chi connectivity index (χ1) is 6.75. The Bertz CT molecular complexity index is 346. The molecule has 1 aliphatic carbocycles. The molecule has 0 saturated heterocycles. The SMILES string of the molecule is CN=Nc1n(C)c2c([n+]1C)CCCC2. The lowest BCUT2D eigenvalue weighted by Crippen LogP contribution is -2.32. The highest BCUT2D eigenvalue weighted by atomic mass is 15.3. The van der Waals surface area contributed by atoms with E-state index >= 15 is 0 Å². The fourth-order valence-electron chi connectivity index (χ4n) is 2.29. The monoisotopic (exact) mass is 193 g/mol. The summed E-state index contributed by atoms with van der Waals surface area (Å²) in [4.78, 5) is 0. The van der Waals surface area contributed by atoms with Crippen LogP contribution in [0.1, 0.15) is 24.2 Å². The van der Waals surface area contributed by atoms with Crippen molar-refractivity contribution in [1.29, 1.82) is 0 Å². The third-order valence-corrected chi connectivity index (χ3v) is 3.01. The molecule has 0 aromatic carbocycles. The minimum absolute atomic E-state index is 0.958. The first-order valence-corrected chi connectivity index (χ1v) is 5.12. The Labute approximate surface area is 84.3 Å². The van der Waals surface area contributed by atoms with E-state index < -0.39 is 0 Å². The molecule has 0 unspecified atom stereocenters. The molecule has 4 nitrogen and oxygen atoms in total. The molecule has 0 saturated carbocycles. The Kier molecular flexibility index (Phi) is 2.35. The number of hydrogen-bond donors (Lipinski definition) is 0. The summed E-state index contributed by atoms with van der Waals surface area (Å²) >= 11 is 0. The topological polar surface area (TPSA) is 33.5 Å². The van der Waals surface area contributed by atoms with Gasteiger partial charge in [0.2, 0.25) is 0 Å². The molecule has 1 heterocycles. The van der Waals surface area contributed by atoms with Gasteiger partial charge in [0.25, 0.3) is 0 Å². The number of fused-ring (bicyclic) bond motifs is 1. The van der Waals surface area contributed by atoms with Crippen LogP contribution >= 0.6 is 0 Å². The smallest absolute Gasteiger partial charge is 0.230 e. The highest BCUT2D eigenvalue weighted by molar-refractivity contribution is 5.21. The van der Waals surface area contributed by atoms with Crippen LogP contribution in [0.5, 0.6) is 0 Å². The lowest BCUT2D eigenvalue weighted by atomic mass is 10.0. The predicted octanol–water partition coefficient (Wildman–Crippen LogP) is 1.44. The van der Waals surface area contributed by atoms with Gasteiger partial charge in [-0.25, -0.2) is 9.13 Å². The molecule has 0 spiro atoms. The molecule has 14 heavy (non-hydrogen) atoms. The number of hydrogen-bond acceptors (Lipinski definition) is 2. The molecule has 0 amide bonds. The van der Waals surface area contributed by atoms with E-state index in [1.54, 1.807) is 7.05 Å². The van der Waals surface area contributed by atoms with Crippen molar-refractivity contribution in [3.63, 3.8) is 0 Å². The molecule has 1 aromatic heterocycles. The summed E-state index contributed by atoms with van der Waals surface area (Å²) in [5.74, 6) is 0.958. The van der Waals surface area contributed by atoms with Crippen LogP contribution in [0.2, 0.25) is 0 Å². The van der Waals surface area contributed by atoms with Gasteiger partial charge in [-0.05, 0) is 12.8 Å². The van der Waals surface area contributed by atoms with E-state index in [0.717, 1.165) is 5.95 Å². The second-order valence-corrected chi connectivity index (χ2v) is 3.82. The Hall–Kier alpha value is -1.19. The molecule has 0 aliphatic heterocycles. The van der Waals surface area contributed by atoms with E-state index in [2.05, 4.69) is 33.5 Å². The summed E-state index contributed by atoms with van der Waals surface area (Å²) < 4.78 is 4.34. The number of aromatic nitrogens is 2. The maximum Gasteiger partial charge on any atom is 0.421 e. The number of rotatable bonds is 1. The van der Waals surface area contributed by atoms with Crippen LogP contribution in [0.4, 0.5) is 5.95 Å². The van der Waals surface area contributed by atoms with Crippen molar-refractivity contribution in [2.45, 2.75) is 25.7 Å². The molecule has 76 valence electrons. The molecule has 1 aliphatic rings. The summed E-state index contributed by atoms with van der Waals surface area (Å²) in [6, 6.07) is 0. The van der Waals surface area contributed by atoms with Crippen molar-refractivity contribution >= 4 is 5.95 Å². The maximum absolute atomic E-state index is 4.16. The normalized spacial score (nSPS) is 16.2. The third-order valence-electron chi connectivity index (χ3n) is 3.01. The molecule has 0 bridgehead atoms. The van der Waals surface area contributed by atoms with Gasteiger partial charge in [0.05, 0.1) is 21.1 Å². The molecule has 2 rings (SSSR count). The highest BCUT2D eigenvalue weighted by Crippen LogP contribution is 2.22. The molecule has 4 heteroatoms. The van der Waals surface area contributed by atoms with Gasteiger partial charge in [-0.1, -0.05) is 0 Å². The Balaban J connectivity index is 2.57. The van der Waals surface area contributed by atoms with Gasteiger partial charge in [0, 0.05) is 18.0 Å². The molecule has 0 radical (unpaired) electrons. The average molecular weight is 193 g/mol. The summed E-state index contributed by atoms with van der Waals surface area (Å²) in [5.41, 5.74) is 2.86. The van der Waals surface area contributed by atoms with Crippen molar-refractivity contribution in [1.82, 2.24) is 4.57 Å². The van der Waals surface area contributed by atoms with Crippen LogP contribution in [0, 0.1) is 0 Å². The molecule has 0 N–H and O–H groups in total. The molecule has 0 fully saturated rings. The summed E-state index contributed by atoms with van der Waals surface area (Å²) in [6.07, 6.45) is 4.96. The van der Waals surface area contributed by atoms with Gasteiger partial charge in [0.15, 0.2) is 0 Å². The zero-order valence-electron chi connectivity index (χ0n) is 9.12. The van der Waals surface area contributed by atoms with Gasteiger partial charge in [0.1, 0.15) is 11.4 Å². The van der Waals surface area contributed by atoms with Gasteiger partial charge in [-0.2, -0.15) is 0 Å². The molecular weight excluding hydrogens is 176 g/mol. The third kappa shape index (κ3) is 1.25. The fourth-order valence-corrected chi connectivity index (χ4v) is 2.29. The minimum Gasteiger partial charge on any atom is -0.230 e.